The van der Waals surface area contributed by atoms with E-state index in [-0.39, 0.29) is 19.5 Å². The first-order chi connectivity index (χ1) is 8.47. The lowest BCUT2D eigenvalue weighted by Crippen LogP contribution is -2.46. The molecule has 0 aromatic heterocycles. The van der Waals surface area contributed by atoms with Crippen molar-refractivity contribution in [2.75, 3.05) is 19.6 Å². The molecule has 0 aliphatic carbocycles. The Labute approximate surface area is 105 Å². The number of rotatable bonds is 3. The van der Waals surface area contributed by atoms with Crippen molar-refractivity contribution >= 4 is 0 Å². The summed E-state index contributed by atoms with van der Waals surface area (Å²) in [5.41, 5.74) is 4.68. The largest absolute Gasteiger partial charge is 0.396 e. The SMILES string of the molecule is NC[C@@]1(C(F)(F)F)CCN(Cc2ccccc2)C1. The molecule has 2 N–H and O–H groups in total. The van der Waals surface area contributed by atoms with Gasteiger partial charge in [-0.15, -0.1) is 0 Å². The van der Waals surface area contributed by atoms with Crippen LogP contribution >= 0.6 is 0 Å². The van der Waals surface area contributed by atoms with Gasteiger partial charge in [-0.25, -0.2) is 0 Å². The van der Waals surface area contributed by atoms with Crippen molar-refractivity contribution in [2.24, 2.45) is 11.1 Å². The van der Waals surface area contributed by atoms with E-state index in [9.17, 15) is 13.2 Å². The molecule has 1 aromatic carbocycles. The minimum Gasteiger partial charge on any atom is -0.330 e. The van der Waals surface area contributed by atoms with E-state index in [2.05, 4.69) is 0 Å². The minimum atomic E-state index is -4.22. The van der Waals surface area contributed by atoms with Gasteiger partial charge in [0.05, 0.1) is 5.41 Å². The first-order valence-corrected chi connectivity index (χ1v) is 6.00. The number of alkyl halides is 3. The van der Waals surface area contributed by atoms with E-state index in [1.165, 1.54) is 0 Å². The van der Waals surface area contributed by atoms with E-state index in [1.54, 1.807) is 0 Å². The third kappa shape index (κ3) is 2.52. The van der Waals surface area contributed by atoms with Gasteiger partial charge < -0.3 is 5.73 Å². The first kappa shape index (κ1) is 13.4. The summed E-state index contributed by atoms with van der Waals surface area (Å²) >= 11 is 0. The molecule has 0 radical (unpaired) electrons. The van der Waals surface area contributed by atoms with Crippen LogP contribution in [0.15, 0.2) is 30.3 Å². The van der Waals surface area contributed by atoms with Crippen LogP contribution in [-0.4, -0.2) is 30.7 Å². The van der Waals surface area contributed by atoms with Gasteiger partial charge >= 0.3 is 6.18 Å². The molecule has 1 aliphatic rings. The Morgan fingerprint density at radius 2 is 1.89 bits per heavy atom. The molecule has 2 nitrogen and oxygen atoms in total. The van der Waals surface area contributed by atoms with Crippen LogP contribution in [-0.2, 0) is 6.54 Å². The highest BCUT2D eigenvalue weighted by molar-refractivity contribution is 5.15. The van der Waals surface area contributed by atoms with E-state index in [4.69, 9.17) is 5.73 Å². The molecule has 1 saturated heterocycles. The molecule has 100 valence electrons. The summed E-state index contributed by atoms with van der Waals surface area (Å²) in [5, 5.41) is 0. The maximum absolute atomic E-state index is 13.0. The Morgan fingerprint density at radius 3 is 2.39 bits per heavy atom. The summed E-state index contributed by atoms with van der Waals surface area (Å²) in [5.74, 6) is 0. The van der Waals surface area contributed by atoms with E-state index in [1.807, 2.05) is 35.2 Å². The fraction of sp³-hybridized carbons (Fsp3) is 0.538. The average molecular weight is 258 g/mol. The number of likely N-dealkylation sites (tertiary alicyclic amines) is 1. The molecular weight excluding hydrogens is 241 g/mol. The second-order valence-electron chi connectivity index (χ2n) is 4.93. The van der Waals surface area contributed by atoms with Crippen molar-refractivity contribution in [3.05, 3.63) is 35.9 Å². The molecule has 1 aliphatic heterocycles. The summed E-state index contributed by atoms with van der Waals surface area (Å²) in [6.45, 7) is 0.675. The lowest BCUT2D eigenvalue weighted by atomic mass is 9.86. The zero-order chi connectivity index (χ0) is 13.2. The normalized spacial score (nSPS) is 25.6. The molecular formula is C13H17F3N2. The van der Waals surface area contributed by atoms with E-state index in [0.29, 0.717) is 13.1 Å². The van der Waals surface area contributed by atoms with Crippen molar-refractivity contribution in [3.8, 4) is 0 Å². The van der Waals surface area contributed by atoms with E-state index < -0.39 is 11.6 Å². The van der Waals surface area contributed by atoms with Gasteiger partial charge in [-0.05, 0) is 18.5 Å². The van der Waals surface area contributed by atoms with Gasteiger partial charge in [0.15, 0.2) is 0 Å². The third-order valence-corrected chi connectivity index (χ3v) is 3.67. The number of nitrogens with two attached hydrogens (primary N) is 1. The Morgan fingerprint density at radius 1 is 1.22 bits per heavy atom. The average Bonchev–Trinajstić information content (AvgIpc) is 2.74. The predicted molar refractivity (Wildman–Crippen MR) is 63.9 cm³/mol. The Balaban J connectivity index is 2.04. The van der Waals surface area contributed by atoms with Crippen molar-refractivity contribution in [1.82, 2.24) is 4.90 Å². The van der Waals surface area contributed by atoms with Crippen LogP contribution in [0.4, 0.5) is 13.2 Å². The number of nitrogens with zero attached hydrogens (tertiary/aromatic N) is 1. The molecule has 1 fully saturated rings. The number of hydrogen-bond donors (Lipinski definition) is 1. The summed E-state index contributed by atoms with van der Waals surface area (Å²) in [4.78, 5) is 1.83. The van der Waals surface area contributed by atoms with E-state index >= 15 is 0 Å². The molecule has 5 heteroatoms. The third-order valence-electron chi connectivity index (χ3n) is 3.67. The molecule has 0 amide bonds. The highest BCUT2D eigenvalue weighted by Crippen LogP contribution is 2.44. The fourth-order valence-electron chi connectivity index (χ4n) is 2.45. The van der Waals surface area contributed by atoms with Crippen molar-refractivity contribution in [3.63, 3.8) is 0 Å². The highest BCUT2D eigenvalue weighted by Gasteiger charge is 2.56. The molecule has 0 unspecified atom stereocenters. The highest BCUT2D eigenvalue weighted by atomic mass is 19.4. The van der Waals surface area contributed by atoms with E-state index in [0.717, 1.165) is 5.56 Å². The summed E-state index contributed by atoms with van der Waals surface area (Å²) < 4.78 is 39.1. The molecule has 18 heavy (non-hydrogen) atoms. The van der Waals surface area contributed by atoms with Crippen LogP contribution in [0.25, 0.3) is 0 Å². The van der Waals surface area contributed by atoms with Crippen LogP contribution < -0.4 is 5.73 Å². The summed E-state index contributed by atoms with van der Waals surface area (Å²) in [7, 11) is 0. The van der Waals surface area contributed by atoms with Crippen LogP contribution in [0, 0.1) is 5.41 Å². The van der Waals surface area contributed by atoms with Crippen molar-refractivity contribution in [1.29, 1.82) is 0 Å². The second-order valence-corrected chi connectivity index (χ2v) is 4.93. The van der Waals surface area contributed by atoms with Crippen LogP contribution in [0.3, 0.4) is 0 Å². The first-order valence-electron chi connectivity index (χ1n) is 6.00. The van der Waals surface area contributed by atoms with Gasteiger partial charge in [0, 0.05) is 19.6 Å². The Kier molecular flexibility index (Phi) is 3.64. The standard InChI is InChI=1S/C13H17F3N2/c14-13(15,16)12(9-17)6-7-18(10-12)8-11-4-2-1-3-5-11/h1-5H,6-10,17H2/t12-/m0/s1. The number of benzene rings is 1. The maximum atomic E-state index is 13.0. The Bertz CT molecular complexity index is 391. The van der Waals surface area contributed by atoms with Gasteiger partial charge in [0.1, 0.15) is 0 Å². The van der Waals surface area contributed by atoms with Crippen LogP contribution in [0.2, 0.25) is 0 Å². The van der Waals surface area contributed by atoms with Gasteiger partial charge in [0.25, 0.3) is 0 Å². The topological polar surface area (TPSA) is 29.3 Å². The quantitative estimate of drug-likeness (QED) is 0.902. The van der Waals surface area contributed by atoms with Gasteiger partial charge in [-0.2, -0.15) is 13.2 Å². The van der Waals surface area contributed by atoms with Gasteiger partial charge in [0.2, 0.25) is 0 Å². The molecule has 1 atom stereocenters. The minimum absolute atomic E-state index is 0.00188. The lowest BCUT2D eigenvalue weighted by molar-refractivity contribution is -0.215. The van der Waals surface area contributed by atoms with Crippen molar-refractivity contribution in [2.45, 2.75) is 19.1 Å². The molecule has 1 aromatic rings. The maximum Gasteiger partial charge on any atom is 0.396 e. The van der Waals surface area contributed by atoms with Gasteiger partial charge in [-0.3, -0.25) is 4.90 Å². The van der Waals surface area contributed by atoms with Crippen LogP contribution in [0.1, 0.15) is 12.0 Å². The summed E-state index contributed by atoms with van der Waals surface area (Å²) in [6, 6.07) is 9.54. The molecule has 0 spiro atoms. The fourth-order valence-corrected chi connectivity index (χ4v) is 2.45. The molecule has 0 bridgehead atoms. The zero-order valence-corrected chi connectivity index (χ0v) is 10.1. The molecule has 2 rings (SSSR count). The smallest absolute Gasteiger partial charge is 0.330 e. The predicted octanol–water partition coefficient (Wildman–Crippen LogP) is 2.40. The number of halogens is 3. The Hall–Kier alpha value is -1.07. The zero-order valence-electron chi connectivity index (χ0n) is 10.1. The van der Waals surface area contributed by atoms with Crippen molar-refractivity contribution < 1.29 is 13.2 Å². The lowest BCUT2D eigenvalue weighted by Gasteiger charge is -2.30. The second kappa shape index (κ2) is 4.90. The monoisotopic (exact) mass is 258 g/mol. The molecule has 0 saturated carbocycles. The molecule has 1 heterocycles. The van der Waals surface area contributed by atoms with Crippen LogP contribution in [0.5, 0.6) is 0 Å². The van der Waals surface area contributed by atoms with Gasteiger partial charge in [-0.1, -0.05) is 30.3 Å². The summed E-state index contributed by atoms with van der Waals surface area (Å²) in [6.07, 6.45) is -4.12. The number of hydrogen-bond acceptors (Lipinski definition) is 2.